The van der Waals surface area contributed by atoms with Gasteiger partial charge < -0.3 is 10.1 Å². The Morgan fingerprint density at radius 2 is 2.22 bits per heavy atom. The van der Waals surface area contributed by atoms with Crippen molar-refractivity contribution in [2.75, 3.05) is 26.7 Å². The van der Waals surface area contributed by atoms with Crippen molar-refractivity contribution in [2.45, 2.75) is 32.2 Å². The number of hydrogen-bond donors (Lipinski definition) is 1. The number of hydrogen-bond acceptors (Lipinski definition) is 5. The monoisotopic (exact) mass is 328 g/mol. The molecule has 0 spiro atoms. The van der Waals surface area contributed by atoms with Crippen LogP contribution in [0.25, 0.3) is 0 Å². The van der Waals surface area contributed by atoms with E-state index in [1.807, 2.05) is 0 Å². The third-order valence-corrected chi connectivity index (χ3v) is 3.92. The molecule has 0 aromatic carbocycles. The molecule has 23 heavy (non-hydrogen) atoms. The molecule has 0 saturated carbocycles. The van der Waals surface area contributed by atoms with E-state index in [0.29, 0.717) is 24.9 Å². The first-order chi connectivity index (χ1) is 11.1. The lowest BCUT2D eigenvalue weighted by Crippen LogP contribution is -2.37. The molecule has 1 aliphatic heterocycles. The van der Waals surface area contributed by atoms with Gasteiger partial charge in [-0.15, -0.1) is 0 Å². The molecule has 128 valence electrons. The summed E-state index contributed by atoms with van der Waals surface area (Å²) in [6.07, 6.45) is 3.39. The van der Waals surface area contributed by atoms with Crippen molar-refractivity contribution in [3.8, 4) is 6.01 Å². The first kappa shape index (κ1) is 17.5. The van der Waals surface area contributed by atoms with Gasteiger partial charge in [0.15, 0.2) is 0 Å². The molecule has 1 saturated heterocycles. The number of likely N-dealkylation sites (tertiary alicyclic amines) is 1. The van der Waals surface area contributed by atoms with Crippen LogP contribution in [0.4, 0.5) is 8.78 Å². The Bertz CT molecular complexity index is 499. The minimum Gasteiger partial charge on any atom is -0.467 e. The van der Waals surface area contributed by atoms with Crippen molar-refractivity contribution in [3.05, 3.63) is 18.0 Å². The summed E-state index contributed by atoms with van der Waals surface area (Å²) in [5.41, 5.74) is 1.01. The number of aromatic nitrogens is 2. The lowest BCUT2D eigenvalue weighted by atomic mass is 9.94. The summed E-state index contributed by atoms with van der Waals surface area (Å²) >= 11 is 0. The largest absolute Gasteiger partial charge is 0.467 e. The highest BCUT2D eigenvalue weighted by Gasteiger charge is 2.21. The number of carbonyl (C=O) groups is 1. The molecular weight excluding hydrogens is 306 g/mol. The summed E-state index contributed by atoms with van der Waals surface area (Å²) < 4.78 is 29.2. The molecule has 1 aromatic rings. The minimum atomic E-state index is -2.94. The van der Waals surface area contributed by atoms with Gasteiger partial charge in [0, 0.05) is 37.6 Å². The Balaban J connectivity index is 1.75. The van der Waals surface area contributed by atoms with Gasteiger partial charge in [0.05, 0.1) is 7.11 Å². The molecular formula is C15H22F2N4O2. The second kappa shape index (κ2) is 8.71. The normalized spacial score (nSPS) is 18.9. The highest BCUT2D eigenvalue weighted by molar-refractivity contribution is 5.78. The number of piperidine rings is 1. The third kappa shape index (κ3) is 5.70. The number of nitrogens with one attached hydrogen (secondary N) is 1. The van der Waals surface area contributed by atoms with Gasteiger partial charge in [0.1, 0.15) is 0 Å². The summed E-state index contributed by atoms with van der Waals surface area (Å²) in [5, 5.41) is 2.27. The number of methoxy groups -OCH3 is 1. The molecule has 0 radical (unpaired) electrons. The van der Waals surface area contributed by atoms with Crippen LogP contribution in [0.1, 0.15) is 24.8 Å². The van der Waals surface area contributed by atoms with Gasteiger partial charge >= 0.3 is 12.4 Å². The van der Waals surface area contributed by atoms with E-state index in [1.54, 1.807) is 12.4 Å². The predicted octanol–water partition coefficient (Wildman–Crippen LogP) is 1.47. The number of halogens is 2. The maximum atomic E-state index is 12.1. The average molecular weight is 328 g/mol. The maximum absolute atomic E-state index is 12.1. The number of ether oxygens (including phenoxy) is 1. The molecule has 0 unspecified atom stereocenters. The first-order valence-electron chi connectivity index (χ1n) is 7.71. The van der Waals surface area contributed by atoms with Crippen LogP contribution >= 0.6 is 0 Å². The molecule has 1 N–H and O–H groups in total. The maximum Gasteiger partial charge on any atom is 0.316 e. The average Bonchev–Trinajstić information content (AvgIpc) is 2.56. The van der Waals surface area contributed by atoms with Gasteiger partial charge in [-0.2, -0.15) is 8.78 Å². The Labute approximate surface area is 134 Å². The molecule has 8 heteroatoms. The van der Waals surface area contributed by atoms with Crippen LogP contribution in [0.5, 0.6) is 6.01 Å². The molecule has 1 fully saturated rings. The first-order valence-corrected chi connectivity index (χ1v) is 7.71. The van der Waals surface area contributed by atoms with E-state index in [2.05, 4.69) is 20.2 Å². The quantitative estimate of drug-likeness (QED) is 0.821. The lowest BCUT2D eigenvalue weighted by molar-refractivity contribution is -0.131. The van der Waals surface area contributed by atoms with Crippen molar-refractivity contribution in [1.82, 2.24) is 20.2 Å². The van der Waals surface area contributed by atoms with Crippen LogP contribution < -0.4 is 10.1 Å². The highest BCUT2D eigenvalue weighted by atomic mass is 19.3. The Hall–Kier alpha value is -1.83. The fourth-order valence-corrected chi connectivity index (χ4v) is 2.80. The standard InChI is InChI=1S/C15H22F2N4O2/c1-23-15-19-7-12(8-20-15)10-21-6-2-3-11(9-21)4-5-18-14(22)13(16)17/h7-8,11,13H,2-6,9-10H2,1H3,(H,18,22)/t11-/m0/s1. The van der Waals surface area contributed by atoms with Crippen LogP contribution in [0.2, 0.25) is 0 Å². The molecule has 2 rings (SSSR count). The van der Waals surface area contributed by atoms with Crippen molar-refractivity contribution in [3.63, 3.8) is 0 Å². The van der Waals surface area contributed by atoms with E-state index in [1.165, 1.54) is 7.11 Å². The van der Waals surface area contributed by atoms with E-state index in [9.17, 15) is 13.6 Å². The zero-order valence-corrected chi connectivity index (χ0v) is 13.2. The van der Waals surface area contributed by atoms with Gasteiger partial charge in [0.25, 0.3) is 5.91 Å². The highest BCUT2D eigenvalue weighted by Crippen LogP contribution is 2.20. The molecule has 1 atom stereocenters. The number of amides is 1. The molecule has 2 heterocycles. The van der Waals surface area contributed by atoms with E-state index in [-0.39, 0.29) is 0 Å². The Kier molecular flexibility index (Phi) is 6.64. The van der Waals surface area contributed by atoms with Crippen LogP contribution in [-0.2, 0) is 11.3 Å². The van der Waals surface area contributed by atoms with Gasteiger partial charge in [-0.3, -0.25) is 9.69 Å². The summed E-state index contributed by atoms with van der Waals surface area (Å²) in [5.74, 6) is -0.783. The van der Waals surface area contributed by atoms with E-state index in [4.69, 9.17) is 4.74 Å². The second-order valence-corrected chi connectivity index (χ2v) is 5.70. The molecule has 0 aliphatic carbocycles. The van der Waals surface area contributed by atoms with Gasteiger partial charge in [-0.1, -0.05) is 0 Å². The smallest absolute Gasteiger partial charge is 0.316 e. The van der Waals surface area contributed by atoms with E-state index < -0.39 is 12.3 Å². The third-order valence-electron chi connectivity index (χ3n) is 3.92. The van der Waals surface area contributed by atoms with Crippen molar-refractivity contribution < 1.29 is 18.3 Å². The van der Waals surface area contributed by atoms with Crippen molar-refractivity contribution in [2.24, 2.45) is 5.92 Å². The summed E-state index contributed by atoms with van der Waals surface area (Å²) in [6, 6.07) is 0.347. The Morgan fingerprint density at radius 1 is 1.48 bits per heavy atom. The molecule has 6 nitrogen and oxygen atoms in total. The Morgan fingerprint density at radius 3 is 2.87 bits per heavy atom. The molecule has 1 amide bonds. The van der Waals surface area contributed by atoms with Crippen LogP contribution in [-0.4, -0.2) is 53.9 Å². The molecule has 0 bridgehead atoms. The molecule has 1 aromatic heterocycles. The van der Waals surface area contributed by atoms with Crippen LogP contribution in [0.3, 0.4) is 0 Å². The second-order valence-electron chi connectivity index (χ2n) is 5.70. The molecule has 1 aliphatic rings. The van der Waals surface area contributed by atoms with Gasteiger partial charge in [-0.25, -0.2) is 9.97 Å². The van der Waals surface area contributed by atoms with E-state index >= 15 is 0 Å². The number of carbonyl (C=O) groups excluding carboxylic acids is 1. The summed E-state index contributed by atoms with van der Waals surface area (Å²) in [7, 11) is 1.52. The SMILES string of the molecule is COc1ncc(CN2CCC[C@@H](CCNC(=O)C(F)F)C2)cn1. The number of nitrogens with zero attached hydrogens (tertiary/aromatic N) is 3. The zero-order valence-electron chi connectivity index (χ0n) is 13.2. The van der Waals surface area contributed by atoms with Gasteiger partial charge in [0.2, 0.25) is 0 Å². The topological polar surface area (TPSA) is 67.3 Å². The van der Waals surface area contributed by atoms with Crippen LogP contribution in [0, 0.1) is 5.92 Å². The number of rotatable bonds is 7. The number of alkyl halides is 2. The van der Waals surface area contributed by atoms with Crippen molar-refractivity contribution >= 4 is 5.91 Å². The summed E-state index contributed by atoms with van der Waals surface area (Å²) in [6.45, 7) is 2.93. The fraction of sp³-hybridized carbons (Fsp3) is 0.667. The van der Waals surface area contributed by atoms with Crippen LogP contribution in [0.15, 0.2) is 12.4 Å². The van der Waals surface area contributed by atoms with E-state index in [0.717, 1.165) is 38.0 Å². The van der Waals surface area contributed by atoms with Gasteiger partial charge in [-0.05, 0) is 31.7 Å². The van der Waals surface area contributed by atoms with Crippen molar-refractivity contribution in [1.29, 1.82) is 0 Å². The zero-order chi connectivity index (χ0) is 16.7. The minimum absolute atomic E-state index is 0.299. The summed E-state index contributed by atoms with van der Waals surface area (Å²) in [4.78, 5) is 21.3. The fourth-order valence-electron chi connectivity index (χ4n) is 2.80. The lowest BCUT2D eigenvalue weighted by Gasteiger charge is -2.32. The predicted molar refractivity (Wildman–Crippen MR) is 80.2 cm³/mol.